The van der Waals surface area contributed by atoms with Gasteiger partial charge in [0.15, 0.2) is 5.78 Å². The minimum Gasteiger partial charge on any atom is -0.338 e. The topological polar surface area (TPSA) is 37.4 Å². The van der Waals surface area contributed by atoms with Gasteiger partial charge < -0.3 is 4.90 Å². The van der Waals surface area contributed by atoms with Crippen LogP contribution in [0.5, 0.6) is 0 Å². The largest absolute Gasteiger partial charge is 0.338 e. The van der Waals surface area contributed by atoms with Crippen LogP contribution in [0.4, 0.5) is 0 Å². The number of benzene rings is 2. The van der Waals surface area contributed by atoms with Gasteiger partial charge in [0.25, 0.3) is 0 Å². The molecule has 0 aromatic heterocycles. The van der Waals surface area contributed by atoms with E-state index in [9.17, 15) is 9.59 Å². The molecule has 1 fully saturated rings. The lowest BCUT2D eigenvalue weighted by atomic mass is 9.94. The van der Waals surface area contributed by atoms with Crippen molar-refractivity contribution in [3.63, 3.8) is 0 Å². The van der Waals surface area contributed by atoms with Crippen molar-refractivity contribution in [2.75, 3.05) is 18.1 Å². The molecule has 0 radical (unpaired) electrons. The SMILES string of the molecule is CCC1CSCCN1C(=O)C(C)c1cccc(C(=O)c2ccccc2)c1. The molecule has 1 aliphatic heterocycles. The minimum absolute atomic E-state index is 0.00657. The van der Waals surface area contributed by atoms with E-state index in [-0.39, 0.29) is 17.6 Å². The number of ketones is 1. The normalized spacial score (nSPS) is 18.4. The molecule has 26 heavy (non-hydrogen) atoms. The Morgan fingerprint density at radius 1 is 1.12 bits per heavy atom. The van der Waals surface area contributed by atoms with Crippen LogP contribution in [-0.2, 0) is 4.79 Å². The second kappa shape index (κ2) is 8.54. The van der Waals surface area contributed by atoms with E-state index in [1.807, 2.05) is 78.2 Å². The van der Waals surface area contributed by atoms with Crippen molar-refractivity contribution in [2.45, 2.75) is 32.2 Å². The van der Waals surface area contributed by atoms with Gasteiger partial charge in [0, 0.05) is 35.2 Å². The average Bonchev–Trinajstić information content (AvgIpc) is 2.72. The molecule has 2 aromatic rings. The van der Waals surface area contributed by atoms with Crippen LogP contribution in [0, 0.1) is 0 Å². The van der Waals surface area contributed by atoms with Gasteiger partial charge in [0.1, 0.15) is 0 Å². The molecular formula is C22H25NO2S. The Labute approximate surface area is 159 Å². The van der Waals surface area contributed by atoms with Gasteiger partial charge in [-0.3, -0.25) is 9.59 Å². The van der Waals surface area contributed by atoms with Crippen LogP contribution >= 0.6 is 11.8 Å². The zero-order chi connectivity index (χ0) is 18.5. The predicted octanol–water partition coefficient (Wildman–Crippen LogP) is 4.38. The van der Waals surface area contributed by atoms with Crippen molar-refractivity contribution in [3.8, 4) is 0 Å². The van der Waals surface area contributed by atoms with Gasteiger partial charge in [0.2, 0.25) is 5.91 Å². The molecule has 1 amide bonds. The smallest absolute Gasteiger partial charge is 0.230 e. The Kier molecular flexibility index (Phi) is 6.15. The number of amides is 1. The van der Waals surface area contributed by atoms with E-state index in [1.165, 1.54) is 0 Å². The maximum atomic E-state index is 13.1. The third-order valence-electron chi connectivity index (χ3n) is 5.04. The molecule has 0 N–H and O–H groups in total. The second-order valence-electron chi connectivity index (χ2n) is 6.71. The summed E-state index contributed by atoms with van der Waals surface area (Å²) in [4.78, 5) is 27.8. The molecule has 1 saturated heterocycles. The van der Waals surface area contributed by atoms with Crippen molar-refractivity contribution < 1.29 is 9.59 Å². The number of carbonyl (C=O) groups is 2. The van der Waals surface area contributed by atoms with Crippen LogP contribution < -0.4 is 0 Å². The Bertz CT molecular complexity index is 775. The van der Waals surface area contributed by atoms with E-state index in [1.54, 1.807) is 0 Å². The lowest BCUT2D eigenvalue weighted by Crippen LogP contribution is -2.47. The minimum atomic E-state index is -0.240. The van der Waals surface area contributed by atoms with E-state index >= 15 is 0 Å². The fourth-order valence-electron chi connectivity index (χ4n) is 3.38. The highest BCUT2D eigenvalue weighted by molar-refractivity contribution is 7.99. The van der Waals surface area contributed by atoms with Crippen LogP contribution in [0.1, 0.15) is 47.7 Å². The summed E-state index contributed by atoms with van der Waals surface area (Å²) in [5, 5.41) is 0. The van der Waals surface area contributed by atoms with Crippen molar-refractivity contribution in [3.05, 3.63) is 71.3 Å². The van der Waals surface area contributed by atoms with Gasteiger partial charge in [0.05, 0.1) is 5.92 Å². The number of rotatable bonds is 5. The first-order valence-corrected chi connectivity index (χ1v) is 10.3. The molecule has 0 aliphatic carbocycles. The standard InChI is InChI=1S/C22H25NO2S/c1-3-20-15-26-13-12-23(20)22(25)16(2)18-10-7-11-19(14-18)21(24)17-8-5-4-6-9-17/h4-11,14,16,20H,3,12-13,15H2,1-2H3. The summed E-state index contributed by atoms with van der Waals surface area (Å²) in [6.07, 6.45) is 0.984. The number of hydrogen-bond acceptors (Lipinski definition) is 3. The molecule has 2 aromatic carbocycles. The van der Waals surface area contributed by atoms with Gasteiger partial charge >= 0.3 is 0 Å². The predicted molar refractivity (Wildman–Crippen MR) is 108 cm³/mol. The van der Waals surface area contributed by atoms with E-state index < -0.39 is 0 Å². The highest BCUT2D eigenvalue weighted by Gasteiger charge is 2.29. The highest BCUT2D eigenvalue weighted by atomic mass is 32.2. The quantitative estimate of drug-likeness (QED) is 0.736. The summed E-state index contributed by atoms with van der Waals surface area (Å²) in [5.41, 5.74) is 2.21. The molecule has 0 bridgehead atoms. The average molecular weight is 368 g/mol. The summed E-state index contributed by atoms with van der Waals surface area (Å²) in [6, 6.07) is 17.1. The summed E-state index contributed by atoms with van der Waals surface area (Å²) in [7, 11) is 0. The van der Waals surface area contributed by atoms with Crippen molar-refractivity contribution >= 4 is 23.5 Å². The molecule has 2 atom stereocenters. The van der Waals surface area contributed by atoms with E-state index in [4.69, 9.17) is 0 Å². The molecule has 1 aliphatic rings. The molecule has 0 saturated carbocycles. The zero-order valence-corrected chi connectivity index (χ0v) is 16.2. The molecule has 3 rings (SSSR count). The van der Waals surface area contributed by atoms with E-state index in [2.05, 4.69) is 6.92 Å². The van der Waals surface area contributed by atoms with Crippen molar-refractivity contribution in [1.82, 2.24) is 4.90 Å². The molecular weight excluding hydrogens is 342 g/mol. The number of nitrogens with zero attached hydrogens (tertiary/aromatic N) is 1. The molecule has 1 heterocycles. The van der Waals surface area contributed by atoms with Gasteiger partial charge in [-0.1, -0.05) is 55.5 Å². The van der Waals surface area contributed by atoms with Crippen LogP contribution in [0.3, 0.4) is 0 Å². The monoisotopic (exact) mass is 367 g/mol. The van der Waals surface area contributed by atoms with Crippen LogP contribution in [0.15, 0.2) is 54.6 Å². The summed E-state index contributed by atoms with van der Waals surface area (Å²) in [5.74, 6) is 1.94. The summed E-state index contributed by atoms with van der Waals surface area (Å²) in [6.45, 7) is 4.90. The Morgan fingerprint density at radius 3 is 2.58 bits per heavy atom. The number of thioether (sulfide) groups is 1. The summed E-state index contributed by atoms with van der Waals surface area (Å²) >= 11 is 1.92. The molecule has 2 unspecified atom stereocenters. The maximum absolute atomic E-state index is 13.1. The Hall–Kier alpha value is -2.07. The first-order chi connectivity index (χ1) is 12.6. The second-order valence-corrected chi connectivity index (χ2v) is 7.86. The van der Waals surface area contributed by atoms with Crippen LogP contribution in [0.25, 0.3) is 0 Å². The maximum Gasteiger partial charge on any atom is 0.230 e. The first-order valence-electron chi connectivity index (χ1n) is 9.19. The van der Waals surface area contributed by atoms with Gasteiger partial charge in [-0.15, -0.1) is 0 Å². The van der Waals surface area contributed by atoms with Crippen LogP contribution in [-0.4, -0.2) is 40.7 Å². The van der Waals surface area contributed by atoms with Crippen LogP contribution in [0.2, 0.25) is 0 Å². The Morgan fingerprint density at radius 2 is 1.85 bits per heavy atom. The Balaban J connectivity index is 1.81. The lowest BCUT2D eigenvalue weighted by Gasteiger charge is -2.36. The van der Waals surface area contributed by atoms with Gasteiger partial charge in [-0.2, -0.15) is 11.8 Å². The highest BCUT2D eigenvalue weighted by Crippen LogP contribution is 2.26. The van der Waals surface area contributed by atoms with Gasteiger partial charge in [-0.25, -0.2) is 0 Å². The van der Waals surface area contributed by atoms with Gasteiger partial charge in [-0.05, 0) is 25.0 Å². The zero-order valence-electron chi connectivity index (χ0n) is 15.4. The third-order valence-corrected chi connectivity index (χ3v) is 6.13. The van der Waals surface area contributed by atoms with Crippen molar-refractivity contribution in [2.24, 2.45) is 0 Å². The molecule has 3 nitrogen and oxygen atoms in total. The number of carbonyl (C=O) groups excluding carboxylic acids is 2. The molecule has 136 valence electrons. The lowest BCUT2D eigenvalue weighted by molar-refractivity contribution is -0.134. The fourth-order valence-corrected chi connectivity index (χ4v) is 4.56. The first kappa shape index (κ1) is 18.7. The fraction of sp³-hybridized carbons (Fsp3) is 0.364. The van der Waals surface area contributed by atoms with Crippen molar-refractivity contribution in [1.29, 1.82) is 0 Å². The third kappa shape index (κ3) is 4.01. The molecule has 0 spiro atoms. The number of hydrogen-bond donors (Lipinski definition) is 0. The van der Waals surface area contributed by atoms with E-state index in [0.717, 1.165) is 30.0 Å². The summed E-state index contributed by atoms with van der Waals surface area (Å²) < 4.78 is 0. The van der Waals surface area contributed by atoms with E-state index in [0.29, 0.717) is 17.2 Å². The molecule has 4 heteroatoms.